The number of Topliss-reactive ketones (excluding diaryl/α,β-unsaturated/α-hetero) is 1. The highest BCUT2D eigenvalue weighted by Crippen LogP contribution is 2.55. The van der Waals surface area contributed by atoms with Crippen molar-refractivity contribution in [3.05, 3.63) is 82.3 Å². The molecule has 0 aromatic heterocycles. The highest BCUT2D eigenvalue weighted by molar-refractivity contribution is 6.19. The van der Waals surface area contributed by atoms with Gasteiger partial charge in [-0.1, -0.05) is 18.2 Å². The van der Waals surface area contributed by atoms with E-state index in [1.807, 2.05) is 6.07 Å². The molecular weight excluding hydrogens is 433 g/mol. The van der Waals surface area contributed by atoms with Gasteiger partial charge in [0.1, 0.15) is 17.3 Å². The summed E-state index contributed by atoms with van der Waals surface area (Å²) in [5.74, 6) is -0.921. The number of carbonyl (C=O) groups is 2. The Hall–Kier alpha value is -4.06. The van der Waals surface area contributed by atoms with Crippen LogP contribution in [0.3, 0.4) is 0 Å². The van der Waals surface area contributed by atoms with Crippen LogP contribution in [-0.2, 0) is 21.2 Å². The molecule has 1 amide bonds. The highest BCUT2D eigenvalue weighted by atomic mass is 19.4. The SMILES string of the molecule is N#CC1=C(N)N(c2ccc(C(F)(F)F)cc2)C2=C(C(=O)CCC2)[C@@]12C(=O)Nc1ccccc12. The number of nitriles is 1. The number of hydrogen-bond acceptors (Lipinski definition) is 5. The van der Waals surface area contributed by atoms with E-state index in [-0.39, 0.29) is 34.9 Å². The molecule has 2 aliphatic heterocycles. The topological polar surface area (TPSA) is 99.2 Å². The van der Waals surface area contributed by atoms with Gasteiger partial charge in [-0.15, -0.1) is 0 Å². The van der Waals surface area contributed by atoms with Crippen molar-refractivity contribution in [2.24, 2.45) is 5.73 Å². The molecule has 0 saturated carbocycles. The lowest BCUT2D eigenvalue weighted by Crippen LogP contribution is -2.50. The number of anilines is 2. The Morgan fingerprint density at radius 3 is 2.42 bits per heavy atom. The molecule has 166 valence electrons. The van der Waals surface area contributed by atoms with Crippen LogP contribution < -0.4 is 16.0 Å². The number of hydrogen-bond donors (Lipinski definition) is 2. The monoisotopic (exact) mass is 450 g/mol. The predicted octanol–water partition coefficient (Wildman–Crippen LogP) is 4.12. The summed E-state index contributed by atoms with van der Waals surface area (Å²) in [6, 6.07) is 13.2. The summed E-state index contributed by atoms with van der Waals surface area (Å²) >= 11 is 0. The maximum absolute atomic E-state index is 13.4. The largest absolute Gasteiger partial charge is 0.416 e. The fraction of sp³-hybridized carbons (Fsp3) is 0.208. The normalized spacial score (nSPS) is 22.3. The van der Waals surface area contributed by atoms with E-state index in [1.54, 1.807) is 24.3 Å². The molecule has 0 radical (unpaired) electrons. The van der Waals surface area contributed by atoms with Crippen LogP contribution in [0.15, 0.2) is 71.2 Å². The number of allylic oxidation sites excluding steroid dienone is 1. The summed E-state index contributed by atoms with van der Waals surface area (Å²) in [6.07, 6.45) is -3.46. The van der Waals surface area contributed by atoms with Crippen LogP contribution in [0.5, 0.6) is 0 Å². The molecule has 0 fully saturated rings. The van der Waals surface area contributed by atoms with Gasteiger partial charge >= 0.3 is 6.18 Å². The zero-order valence-corrected chi connectivity index (χ0v) is 17.2. The molecule has 0 unspecified atom stereocenters. The molecular formula is C24H17F3N4O2. The Kier molecular flexibility index (Phi) is 4.40. The Balaban J connectivity index is 1.80. The van der Waals surface area contributed by atoms with Crippen molar-refractivity contribution in [3.8, 4) is 6.07 Å². The quantitative estimate of drug-likeness (QED) is 0.681. The molecule has 2 aromatic rings. The fourth-order valence-corrected chi connectivity index (χ4v) is 5.04. The van der Waals surface area contributed by atoms with Gasteiger partial charge in [0, 0.05) is 34.6 Å². The maximum Gasteiger partial charge on any atom is 0.416 e. The van der Waals surface area contributed by atoms with Crippen LogP contribution in [0, 0.1) is 11.3 Å². The van der Waals surface area contributed by atoms with Gasteiger partial charge in [0.25, 0.3) is 0 Å². The van der Waals surface area contributed by atoms with E-state index >= 15 is 0 Å². The van der Waals surface area contributed by atoms with Crippen molar-refractivity contribution < 1.29 is 22.8 Å². The maximum atomic E-state index is 13.4. The van der Waals surface area contributed by atoms with Crippen LogP contribution in [0.1, 0.15) is 30.4 Å². The number of carbonyl (C=O) groups excluding carboxylic acids is 2. The zero-order chi connectivity index (χ0) is 23.5. The van der Waals surface area contributed by atoms with Gasteiger partial charge in [-0.25, -0.2) is 0 Å². The molecule has 33 heavy (non-hydrogen) atoms. The number of rotatable bonds is 1. The van der Waals surface area contributed by atoms with Crippen molar-refractivity contribution in [3.63, 3.8) is 0 Å². The number of alkyl halides is 3. The average molecular weight is 450 g/mol. The first-order chi connectivity index (χ1) is 15.7. The summed E-state index contributed by atoms with van der Waals surface area (Å²) < 4.78 is 39.2. The first kappa shape index (κ1) is 20.8. The number of nitrogens with zero attached hydrogens (tertiary/aromatic N) is 2. The average Bonchev–Trinajstić information content (AvgIpc) is 3.06. The summed E-state index contributed by atoms with van der Waals surface area (Å²) in [4.78, 5) is 28.2. The molecule has 0 bridgehead atoms. The van der Waals surface area contributed by atoms with Gasteiger partial charge in [0.2, 0.25) is 5.91 Å². The number of nitrogens with one attached hydrogen (secondary N) is 1. The van der Waals surface area contributed by atoms with Gasteiger partial charge in [-0.2, -0.15) is 18.4 Å². The van der Waals surface area contributed by atoms with E-state index in [4.69, 9.17) is 5.73 Å². The van der Waals surface area contributed by atoms with Gasteiger partial charge in [-0.3, -0.25) is 14.5 Å². The number of halogens is 3. The third-order valence-corrected chi connectivity index (χ3v) is 6.39. The number of ketones is 1. The minimum atomic E-state index is -4.51. The third kappa shape index (κ3) is 2.73. The minimum Gasteiger partial charge on any atom is -0.384 e. The molecule has 2 aromatic carbocycles. The standard InChI is InChI=1S/C24H17F3N4O2/c25-24(26,27)13-8-10-14(11-9-13)31-18-6-3-7-19(32)20(18)23(16(12-28)21(31)29)15-4-1-2-5-17(15)30-22(23)33/h1-2,4-5,8-11H,3,6-7,29H2,(H,30,33)/t23-/m0/s1. The van der Waals surface area contributed by atoms with Crippen molar-refractivity contribution in [1.82, 2.24) is 0 Å². The highest BCUT2D eigenvalue weighted by Gasteiger charge is 2.60. The second kappa shape index (κ2) is 6.97. The van der Waals surface area contributed by atoms with E-state index < -0.39 is 23.1 Å². The molecule has 2 heterocycles. The van der Waals surface area contributed by atoms with Gasteiger partial charge in [-0.05, 0) is 43.2 Å². The summed E-state index contributed by atoms with van der Waals surface area (Å²) in [5.41, 5.74) is 5.60. The lowest BCUT2D eigenvalue weighted by Gasteiger charge is -2.43. The van der Waals surface area contributed by atoms with Crippen LogP contribution >= 0.6 is 0 Å². The fourth-order valence-electron chi connectivity index (χ4n) is 5.04. The number of fused-ring (bicyclic) bond motifs is 3. The Bertz CT molecular complexity index is 1320. The predicted molar refractivity (Wildman–Crippen MR) is 113 cm³/mol. The molecule has 1 aliphatic carbocycles. The molecule has 0 saturated heterocycles. The summed E-state index contributed by atoms with van der Waals surface area (Å²) in [7, 11) is 0. The lowest BCUT2D eigenvalue weighted by atomic mass is 9.64. The van der Waals surface area contributed by atoms with Gasteiger partial charge < -0.3 is 11.1 Å². The lowest BCUT2D eigenvalue weighted by molar-refractivity contribution is -0.137. The number of nitrogens with two attached hydrogens (primary N) is 1. The minimum absolute atomic E-state index is 0.0856. The van der Waals surface area contributed by atoms with E-state index in [9.17, 15) is 28.0 Å². The van der Waals surface area contributed by atoms with Crippen molar-refractivity contribution in [1.29, 1.82) is 5.26 Å². The molecule has 3 aliphatic rings. The molecule has 1 atom stereocenters. The van der Waals surface area contributed by atoms with Gasteiger partial charge in [0.05, 0.1) is 11.1 Å². The van der Waals surface area contributed by atoms with E-state index in [0.29, 0.717) is 29.8 Å². The molecule has 9 heteroatoms. The second-order valence-electron chi connectivity index (χ2n) is 8.10. The molecule has 5 rings (SSSR count). The van der Waals surface area contributed by atoms with Crippen LogP contribution in [0.25, 0.3) is 0 Å². The first-order valence-corrected chi connectivity index (χ1v) is 10.3. The van der Waals surface area contributed by atoms with E-state index in [2.05, 4.69) is 5.32 Å². The van der Waals surface area contributed by atoms with Crippen LogP contribution in [-0.4, -0.2) is 11.7 Å². The van der Waals surface area contributed by atoms with E-state index in [1.165, 1.54) is 17.0 Å². The summed E-state index contributed by atoms with van der Waals surface area (Å²) in [6.45, 7) is 0. The Morgan fingerprint density at radius 1 is 1.06 bits per heavy atom. The van der Waals surface area contributed by atoms with Crippen molar-refractivity contribution in [2.75, 3.05) is 10.2 Å². The summed E-state index contributed by atoms with van der Waals surface area (Å²) in [5, 5.41) is 12.9. The zero-order valence-electron chi connectivity index (χ0n) is 17.2. The third-order valence-electron chi connectivity index (χ3n) is 6.39. The van der Waals surface area contributed by atoms with Crippen molar-refractivity contribution in [2.45, 2.75) is 30.9 Å². The first-order valence-electron chi connectivity index (χ1n) is 10.3. The van der Waals surface area contributed by atoms with Crippen LogP contribution in [0.4, 0.5) is 24.5 Å². The van der Waals surface area contributed by atoms with Crippen molar-refractivity contribution >= 4 is 23.1 Å². The molecule has 6 nitrogen and oxygen atoms in total. The number of amides is 1. The van der Waals surface area contributed by atoms with Gasteiger partial charge in [0.15, 0.2) is 5.78 Å². The van der Waals surface area contributed by atoms with E-state index in [0.717, 1.165) is 12.1 Å². The Labute approximate surface area is 186 Å². The Morgan fingerprint density at radius 2 is 1.76 bits per heavy atom. The smallest absolute Gasteiger partial charge is 0.384 e. The van der Waals surface area contributed by atoms with Crippen LogP contribution in [0.2, 0.25) is 0 Å². The second-order valence-corrected chi connectivity index (χ2v) is 8.10. The number of benzene rings is 2. The number of para-hydroxylation sites is 1. The molecule has 3 N–H and O–H groups in total. The molecule has 1 spiro atoms.